The van der Waals surface area contributed by atoms with Gasteiger partial charge in [-0.2, -0.15) is 0 Å². The molecule has 2 aliphatic heterocycles. The van der Waals surface area contributed by atoms with E-state index in [1.807, 2.05) is 18.2 Å². The van der Waals surface area contributed by atoms with Crippen molar-refractivity contribution in [3.05, 3.63) is 23.2 Å². The smallest absolute Gasteiger partial charge is 0.253 e. The van der Waals surface area contributed by atoms with Gasteiger partial charge in [0.15, 0.2) is 0 Å². The van der Waals surface area contributed by atoms with Crippen LogP contribution in [0.5, 0.6) is 0 Å². The summed E-state index contributed by atoms with van der Waals surface area (Å²) < 4.78 is 11.1. The number of nitrogens with zero attached hydrogens (tertiary/aromatic N) is 1. The SMILES string of the molecule is CC(OCC1CCCO1)C(=O)Nc1ccc(N2CCCCC2)c(Cl)c1. The van der Waals surface area contributed by atoms with Crippen LogP contribution in [0.25, 0.3) is 0 Å². The van der Waals surface area contributed by atoms with Crippen LogP contribution in [0.1, 0.15) is 39.0 Å². The zero-order valence-electron chi connectivity index (χ0n) is 14.8. The van der Waals surface area contributed by atoms with E-state index in [1.54, 1.807) is 6.92 Å². The maximum absolute atomic E-state index is 12.3. The van der Waals surface area contributed by atoms with E-state index in [0.29, 0.717) is 17.3 Å². The lowest BCUT2D eigenvalue weighted by atomic mass is 10.1. The third-order valence-corrected chi connectivity index (χ3v) is 5.14. The highest BCUT2D eigenvalue weighted by molar-refractivity contribution is 6.33. The van der Waals surface area contributed by atoms with E-state index in [9.17, 15) is 4.79 Å². The summed E-state index contributed by atoms with van der Waals surface area (Å²) in [6.45, 7) is 5.09. The van der Waals surface area contributed by atoms with Crippen LogP contribution in [0, 0.1) is 0 Å². The Morgan fingerprint density at radius 3 is 2.84 bits per heavy atom. The molecule has 0 spiro atoms. The first-order valence-corrected chi connectivity index (χ1v) is 9.60. The molecule has 0 aliphatic carbocycles. The number of anilines is 2. The number of ether oxygens (including phenoxy) is 2. The number of rotatable bonds is 6. The Kier molecular flexibility index (Phi) is 6.57. The first-order valence-electron chi connectivity index (χ1n) is 9.22. The van der Waals surface area contributed by atoms with Crippen LogP contribution < -0.4 is 10.2 Å². The van der Waals surface area contributed by atoms with Gasteiger partial charge < -0.3 is 19.7 Å². The van der Waals surface area contributed by atoms with Crippen molar-refractivity contribution in [2.75, 3.05) is 36.5 Å². The first kappa shape index (κ1) is 18.5. The summed E-state index contributed by atoms with van der Waals surface area (Å²) in [6.07, 6.45) is 5.35. The minimum Gasteiger partial charge on any atom is -0.376 e. The summed E-state index contributed by atoms with van der Waals surface area (Å²) in [6, 6.07) is 5.71. The Morgan fingerprint density at radius 2 is 2.16 bits per heavy atom. The maximum Gasteiger partial charge on any atom is 0.253 e. The van der Waals surface area contributed by atoms with Crippen molar-refractivity contribution in [1.29, 1.82) is 0 Å². The number of amides is 1. The van der Waals surface area contributed by atoms with Gasteiger partial charge in [0.25, 0.3) is 5.91 Å². The maximum atomic E-state index is 12.3. The number of halogens is 1. The highest BCUT2D eigenvalue weighted by Gasteiger charge is 2.20. The molecule has 25 heavy (non-hydrogen) atoms. The van der Waals surface area contributed by atoms with Crippen LogP contribution in [0.4, 0.5) is 11.4 Å². The summed E-state index contributed by atoms with van der Waals surface area (Å²) in [4.78, 5) is 14.6. The van der Waals surface area contributed by atoms with Crippen LogP contribution in [0.3, 0.4) is 0 Å². The summed E-state index contributed by atoms with van der Waals surface area (Å²) in [5.41, 5.74) is 1.74. The van der Waals surface area contributed by atoms with Gasteiger partial charge in [0.05, 0.1) is 23.4 Å². The normalized spacial score (nSPS) is 22.0. The molecule has 1 N–H and O–H groups in total. The molecule has 2 heterocycles. The molecule has 1 aromatic rings. The van der Waals surface area contributed by atoms with Crippen LogP contribution in [-0.4, -0.2) is 44.4 Å². The predicted molar refractivity (Wildman–Crippen MR) is 101 cm³/mol. The largest absolute Gasteiger partial charge is 0.376 e. The summed E-state index contributed by atoms with van der Waals surface area (Å²) in [5.74, 6) is -0.167. The van der Waals surface area contributed by atoms with Gasteiger partial charge in [-0.15, -0.1) is 0 Å². The topological polar surface area (TPSA) is 50.8 Å². The Morgan fingerprint density at radius 1 is 1.36 bits per heavy atom. The molecule has 5 nitrogen and oxygen atoms in total. The Labute approximate surface area is 154 Å². The quantitative estimate of drug-likeness (QED) is 0.830. The molecule has 3 rings (SSSR count). The average Bonchev–Trinajstić information content (AvgIpc) is 3.14. The van der Waals surface area contributed by atoms with Gasteiger partial charge in [-0.25, -0.2) is 0 Å². The highest BCUT2D eigenvalue weighted by atomic mass is 35.5. The van der Waals surface area contributed by atoms with Gasteiger partial charge in [-0.3, -0.25) is 4.79 Å². The van der Waals surface area contributed by atoms with E-state index in [0.717, 1.165) is 38.2 Å². The molecule has 0 radical (unpaired) electrons. The van der Waals surface area contributed by atoms with Crippen LogP contribution in [0.15, 0.2) is 18.2 Å². The first-order chi connectivity index (χ1) is 12.1. The summed E-state index contributed by atoms with van der Waals surface area (Å²) in [7, 11) is 0. The second-order valence-corrected chi connectivity index (χ2v) is 7.22. The average molecular weight is 367 g/mol. The molecule has 1 amide bonds. The van der Waals surface area contributed by atoms with Crippen LogP contribution in [-0.2, 0) is 14.3 Å². The monoisotopic (exact) mass is 366 g/mol. The molecule has 0 aromatic heterocycles. The minimum atomic E-state index is -0.523. The predicted octanol–water partition coefficient (Wildman–Crippen LogP) is 3.85. The van der Waals surface area contributed by atoms with E-state index >= 15 is 0 Å². The van der Waals surface area contributed by atoms with Crippen LogP contribution >= 0.6 is 11.6 Å². The fraction of sp³-hybridized carbons (Fsp3) is 0.632. The molecule has 0 bridgehead atoms. The minimum absolute atomic E-state index is 0.119. The Bertz CT molecular complexity index is 584. The third kappa shape index (κ3) is 5.09. The lowest BCUT2D eigenvalue weighted by molar-refractivity contribution is -0.128. The fourth-order valence-corrected chi connectivity index (χ4v) is 3.62. The van der Waals surface area contributed by atoms with E-state index in [2.05, 4.69) is 10.2 Å². The Balaban J connectivity index is 1.52. The highest BCUT2D eigenvalue weighted by Crippen LogP contribution is 2.30. The molecule has 0 saturated carbocycles. The van der Waals surface area contributed by atoms with E-state index in [1.165, 1.54) is 19.3 Å². The molecular weight excluding hydrogens is 340 g/mol. The summed E-state index contributed by atoms with van der Waals surface area (Å²) in [5, 5.41) is 3.55. The number of carbonyl (C=O) groups excluding carboxylic acids is 1. The fourth-order valence-electron chi connectivity index (χ4n) is 3.32. The lowest BCUT2D eigenvalue weighted by Gasteiger charge is -2.29. The van der Waals surface area contributed by atoms with Gasteiger partial charge in [0.1, 0.15) is 6.10 Å². The van der Waals surface area contributed by atoms with Gasteiger partial charge in [-0.1, -0.05) is 11.6 Å². The molecule has 2 atom stereocenters. The van der Waals surface area contributed by atoms with Crippen molar-refractivity contribution >= 4 is 28.9 Å². The van der Waals surface area contributed by atoms with Gasteiger partial charge in [0, 0.05) is 25.4 Å². The second kappa shape index (κ2) is 8.88. The van der Waals surface area contributed by atoms with Crippen LogP contribution in [0.2, 0.25) is 5.02 Å². The van der Waals surface area contributed by atoms with E-state index in [-0.39, 0.29) is 12.0 Å². The van der Waals surface area contributed by atoms with Crippen molar-refractivity contribution in [2.24, 2.45) is 0 Å². The number of hydrogen-bond acceptors (Lipinski definition) is 4. The van der Waals surface area contributed by atoms with Gasteiger partial charge in [0.2, 0.25) is 0 Å². The molecule has 2 saturated heterocycles. The molecule has 1 aromatic carbocycles. The van der Waals surface area contributed by atoms with Crippen molar-refractivity contribution in [3.63, 3.8) is 0 Å². The lowest BCUT2D eigenvalue weighted by Crippen LogP contribution is -2.31. The van der Waals surface area contributed by atoms with Crippen molar-refractivity contribution < 1.29 is 14.3 Å². The van der Waals surface area contributed by atoms with Crippen molar-refractivity contribution in [1.82, 2.24) is 0 Å². The zero-order valence-corrected chi connectivity index (χ0v) is 15.6. The van der Waals surface area contributed by atoms with Crippen molar-refractivity contribution in [2.45, 2.75) is 51.2 Å². The number of carbonyl (C=O) groups is 1. The van der Waals surface area contributed by atoms with E-state index < -0.39 is 6.10 Å². The second-order valence-electron chi connectivity index (χ2n) is 6.81. The van der Waals surface area contributed by atoms with Gasteiger partial charge >= 0.3 is 0 Å². The summed E-state index contributed by atoms with van der Waals surface area (Å²) >= 11 is 6.43. The molecular formula is C19H27ClN2O3. The molecule has 2 unspecified atom stereocenters. The number of hydrogen-bond donors (Lipinski definition) is 1. The van der Waals surface area contributed by atoms with Gasteiger partial charge in [-0.05, 0) is 57.2 Å². The molecule has 138 valence electrons. The van der Waals surface area contributed by atoms with Crippen molar-refractivity contribution in [3.8, 4) is 0 Å². The number of benzene rings is 1. The standard InChI is InChI=1S/C19H27ClN2O3/c1-14(25-13-16-6-5-11-24-16)19(23)21-15-7-8-18(17(20)12-15)22-9-3-2-4-10-22/h7-8,12,14,16H,2-6,9-11,13H2,1H3,(H,21,23). The molecule has 6 heteroatoms. The Hall–Kier alpha value is -1.30. The molecule has 2 aliphatic rings. The number of nitrogens with one attached hydrogen (secondary N) is 1. The zero-order chi connectivity index (χ0) is 17.6. The van der Waals surface area contributed by atoms with E-state index in [4.69, 9.17) is 21.1 Å². The third-order valence-electron chi connectivity index (χ3n) is 4.84. The number of piperidine rings is 1. The molecule has 2 fully saturated rings.